The van der Waals surface area contributed by atoms with Crippen molar-refractivity contribution in [1.82, 2.24) is 4.57 Å². The number of carbonyl (C=O) groups excluding carboxylic acids is 1. The molecule has 0 aliphatic carbocycles. The van der Waals surface area contributed by atoms with Gasteiger partial charge in [-0.05, 0) is 31.2 Å². The van der Waals surface area contributed by atoms with Gasteiger partial charge in [-0.15, -0.1) is 0 Å². The van der Waals surface area contributed by atoms with Crippen LogP contribution in [-0.2, 0) is 15.4 Å². The summed E-state index contributed by atoms with van der Waals surface area (Å²) in [4.78, 5) is 12.2. The van der Waals surface area contributed by atoms with E-state index in [0.29, 0.717) is 16.6 Å². The zero-order valence-corrected chi connectivity index (χ0v) is 16.7. The van der Waals surface area contributed by atoms with Crippen LogP contribution in [0.4, 0.5) is 8.78 Å². The topological polar surface area (TPSA) is 73.5 Å². The van der Waals surface area contributed by atoms with Crippen molar-refractivity contribution in [2.45, 2.75) is 19.8 Å². The smallest absolute Gasteiger partial charge is 0.341 e. The van der Waals surface area contributed by atoms with E-state index in [1.807, 2.05) is 6.07 Å². The second-order valence-electron chi connectivity index (χ2n) is 6.60. The molecule has 1 aromatic heterocycles. The molecule has 2 aromatic carbocycles. The summed E-state index contributed by atoms with van der Waals surface area (Å²) in [6, 6.07) is 11.0. The Morgan fingerprint density at radius 3 is 2.63 bits per heavy atom. The Morgan fingerprint density at radius 2 is 2.00 bits per heavy atom. The Kier molecular flexibility index (Phi) is 6.04. The predicted octanol–water partition coefficient (Wildman–Crippen LogP) is 4.77. The van der Waals surface area contributed by atoms with Crippen molar-refractivity contribution < 1.29 is 27.8 Å². The minimum atomic E-state index is -3.02. The highest BCUT2D eigenvalue weighted by atomic mass is 19.3. The maximum Gasteiger partial charge on any atom is 0.341 e. The molecule has 6 nitrogen and oxygen atoms in total. The number of alkyl halides is 2. The van der Waals surface area contributed by atoms with Crippen LogP contribution >= 0.6 is 0 Å². The fourth-order valence-electron chi connectivity index (χ4n) is 3.09. The van der Waals surface area contributed by atoms with Crippen LogP contribution in [0.2, 0.25) is 0 Å². The molecule has 0 bridgehead atoms. The molecule has 0 aliphatic rings. The zero-order valence-electron chi connectivity index (χ0n) is 16.7. The third-order valence-electron chi connectivity index (χ3n) is 4.50. The molecule has 3 rings (SSSR count). The van der Waals surface area contributed by atoms with Gasteiger partial charge >= 0.3 is 5.97 Å². The molecule has 0 radical (unpaired) electrons. The average molecular weight is 414 g/mol. The fourth-order valence-corrected chi connectivity index (χ4v) is 3.09. The molecule has 0 saturated heterocycles. The number of carbonyl (C=O) groups is 1. The molecule has 1 heterocycles. The van der Waals surface area contributed by atoms with Gasteiger partial charge < -0.3 is 18.8 Å². The van der Waals surface area contributed by atoms with Gasteiger partial charge in [0.1, 0.15) is 17.4 Å². The number of nitriles is 1. The number of nitrogens with zero attached hydrogens (tertiary/aromatic N) is 2. The van der Waals surface area contributed by atoms with Crippen LogP contribution in [0.25, 0.3) is 16.6 Å². The quantitative estimate of drug-likeness (QED) is 0.411. The monoisotopic (exact) mass is 414 g/mol. The van der Waals surface area contributed by atoms with Crippen molar-refractivity contribution in [3.8, 4) is 17.5 Å². The number of hydrogen-bond donors (Lipinski definition) is 0. The molecule has 0 atom stereocenters. The maximum atomic E-state index is 13.7. The van der Waals surface area contributed by atoms with Crippen molar-refractivity contribution in [2.75, 3.05) is 20.5 Å². The normalized spacial score (nSPS) is 11.3. The molecule has 30 heavy (non-hydrogen) atoms. The number of ether oxygens (including phenoxy) is 3. The van der Waals surface area contributed by atoms with Gasteiger partial charge in [-0.25, -0.2) is 13.6 Å². The summed E-state index contributed by atoms with van der Waals surface area (Å²) in [6.45, 7) is 2.64. The zero-order chi connectivity index (χ0) is 21.9. The summed E-state index contributed by atoms with van der Waals surface area (Å²) in [7, 11) is 1.45. The summed E-state index contributed by atoms with van der Waals surface area (Å²) >= 11 is 0. The first-order chi connectivity index (χ1) is 14.3. The van der Waals surface area contributed by atoms with Crippen LogP contribution in [0, 0.1) is 11.3 Å². The molecular formula is C22H20F2N2O4. The van der Waals surface area contributed by atoms with Gasteiger partial charge in [0.2, 0.25) is 0 Å². The molecule has 0 amide bonds. The van der Waals surface area contributed by atoms with Gasteiger partial charge in [0.15, 0.2) is 6.79 Å². The summed E-state index contributed by atoms with van der Waals surface area (Å²) in [5.41, 5.74) is 1.45. The van der Waals surface area contributed by atoms with Gasteiger partial charge in [-0.3, -0.25) is 0 Å². The molecule has 3 aromatic rings. The number of aromatic nitrogens is 1. The average Bonchev–Trinajstić information content (AvgIpc) is 3.09. The van der Waals surface area contributed by atoms with E-state index >= 15 is 0 Å². The Hall–Kier alpha value is -3.44. The highest BCUT2D eigenvalue weighted by molar-refractivity contribution is 5.93. The summed E-state index contributed by atoms with van der Waals surface area (Å²) < 4.78 is 44.7. The lowest BCUT2D eigenvalue weighted by Gasteiger charge is -2.14. The maximum absolute atomic E-state index is 13.7. The minimum absolute atomic E-state index is 0.0827. The molecule has 0 N–H and O–H groups in total. The Bertz CT molecular complexity index is 1130. The van der Waals surface area contributed by atoms with Crippen molar-refractivity contribution in [1.29, 1.82) is 5.26 Å². The molecule has 0 fully saturated rings. The van der Waals surface area contributed by atoms with Gasteiger partial charge in [0.25, 0.3) is 5.92 Å². The van der Waals surface area contributed by atoms with Crippen LogP contribution < -0.4 is 4.74 Å². The third kappa shape index (κ3) is 4.11. The third-order valence-corrected chi connectivity index (χ3v) is 4.50. The highest BCUT2D eigenvalue weighted by Gasteiger charge is 2.25. The number of rotatable bonds is 7. The SMILES string of the molecule is CCOC(=O)c1ccc(-n2cc(C#N)c3cc(C(C)(F)F)ccc32)cc1OCOC. The van der Waals surface area contributed by atoms with Gasteiger partial charge in [0, 0.05) is 42.9 Å². The lowest BCUT2D eigenvalue weighted by molar-refractivity contribution is 0.0176. The van der Waals surface area contributed by atoms with Crippen LogP contribution in [-0.4, -0.2) is 31.0 Å². The minimum Gasteiger partial charge on any atom is -0.467 e. The summed E-state index contributed by atoms with van der Waals surface area (Å²) in [5, 5.41) is 9.89. The highest BCUT2D eigenvalue weighted by Crippen LogP contribution is 2.33. The number of hydrogen-bond acceptors (Lipinski definition) is 5. The summed E-state index contributed by atoms with van der Waals surface area (Å²) in [5.74, 6) is -3.32. The first kappa shape index (κ1) is 21.3. The second kappa shape index (κ2) is 8.51. The van der Waals surface area contributed by atoms with E-state index in [1.54, 1.807) is 35.9 Å². The van der Waals surface area contributed by atoms with E-state index in [9.17, 15) is 18.8 Å². The van der Waals surface area contributed by atoms with Gasteiger partial charge in [0.05, 0.1) is 17.7 Å². The molecular weight excluding hydrogens is 394 g/mol. The number of fused-ring (bicyclic) bond motifs is 1. The predicted molar refractivity (Wildman–Crippen MR) is 106 cm³/mol. The van der Waals surface area contributed by atoms with Crippen LogP contribution in [0.3, 0.4) is 0 Å². The fraction of sp³-hybridized carbons (Fsp3) is 0.273. The first-order valence-corrected chi connectivity index (χ1v) is 9.17. The van der Waals surface area contributed by atoms with E-state index in [0.717, 1.165) is 6.92 Å². The Morgan fingerprint density at radius 1 is 1.23 bits per heavy atom. The van der Waals surface area contributed by atoms with Gasteiger partial charge in [-0.2, -0.15) is 5.26 Å². The Labute approximate surface area is 172 Å². The van der Waals surface area contributed by atoms with E-state index in [2.05, 4.69) is 0 Å². The first-order valence-electron chi connectivity index (χ1n) is 9.17. The van der Waals surface area contributed by atoms with Crippen LogP contribution in [0.15, 0.2) is 42.6 Å². The lowest BCUT2D eigenvalue weighted by Crippen LogP contribution is -2.10. The molecule has 0 saturated carbocycles. The molecule has 0 aliphatic heterocycles. The largest absolute Gasteiger partial charge is 0.467 e. The van der Waals surface area contributed by atoms with Crippen LogP contribution in [0.5, 0.6) is 5.75 Å². The van der Waals surface area contributed by atoms with Crippen molar-refractivity contribution in [3.63, 3.8) is 0 Å². The molecule has 156 valence electrons. The van der Waals surface area contributed by atoms with E-state index in [4.69, 9.17) is 14.2 Å². The number of halogens is 2. The number of methoxy groups -OCH3 is 1. The van der Waals surface area contributed by atoms with E-state index in [-0.39, 0.29) is 35.8 Å². The number of esters is 1. The van der Waals surface area contributed by atoms with Crippen molar-refractivity contribution in [3.05, 3.63) is 59.3 Å². The molecule has 0 unspecified atom stereocenters. The number of benzene rings is 2. The molecule has 8 heteroatoms. The van der Waals surface area contributed by atoms with E-state index in [1.165, 1.54) is 25.3 Å². The molecule has 0 spiro atoms. The standard InChI is InChI=1S/C22H20F2N2O4/c1-4-29-21(27)17-7-6-16(10-20(17)30-13-28-3)26-12-14(11-25)18-9-15(22(2,23)24)5-8-19(18)26/h5-10,12H,4,13H2,1-3H3. The second-order valence-corrected chi connectivity index (χ2v) is 6.60. The van der Waals surface area contributed by atoms with E-state index < -0.39 is 11.9 Å². The van der Waals surface area contributed by atoms with Crippen molar-refractivity contribution >= 4 is 16.9 Å². The van der Waals surface area contributed by atoms with Crippen LogP contribution in [0.1, 0.15) is 35.3 Å². The Balaban J connectivity index is 2.15. The lowest BCUT2D eigenvalue weighted by atomic mass is 10.1. The van der Waals surface area contributed by atoms with Crippen molar-refractivity contribution in [2.24, 2.45) is 0 Å². The summed E-state index contributed by atoms with van der Waals surface area (Å²) in [6.07, 6.45) is 1.56. The van der Waals surface area contributed by atoms with Gasteiger partial charge in [-0.1, -0.05) is 6.07 Å².